The first-order valence-electron chi connectivity index (χ1n) is 9.44. The van der Waals surface area contributed by atoms with Gasteiger partial charge in [0, 0.05) is 25.2 Å². The molecule has 6 nitrogen and oxygen atoms in total. The van der Waals surface area contributed by atoms with Gasteiger partial charge in [0.15, 0.2) is 0 Å². The van der Waals surface area contributed by atoms with Gasteiger partial charge in [-0.2, -0.15) is 0 Å². The van der Waals surface area contributed by atoms with Crippen LogP contribution in [0.25, 0.3) is 0 Å². The van der Waals surface area contributed by atoms with Gasteiger partial charge in [-0.15, -0.1) is 0 Å². The number of rotatable bonds is 6. The Bertz CT molecular complexity index is 634. The first-order chi connectivity index (χ1) is 12.6. The summed E-state index contributed by atoms with van der Waals surface area (Å²) in [7, 11) is 0. The van der Waals surface area contributed by atoms with Crippen molar-refractivity contribution in [3.63, 3.8) is 0 Å². The Balaban J connectivity index is 1.37. The molecule has 2 fully saturated rings. The maximum Gasteiger partial charge on any atom is 0.315 e. The van der Waals surface area contributed by atoms with E-state index in [1.54, 1.807) is 12.1 Å². The highest BCUT2D eigenvalue weighted by molar-refractivity contribution is 5.96. The quantitative estimate of drug-likeness (QED) is 0.762. The maximum atomic E-state index is 13.3. The summed E-state index contributed by atoms with van der Waals surface area (Å²) in [6, 6.07) is 5.45. The van der Waals surface area contributed by atoms with Crippen molar-refractivity contribution in [1.82, 2.24) is 15.5 Å². The van der Waals surface area contributed by atoms with E-state index in [1.807, 2.05) is 0 Å². The zero-order valence-corrected chi connectivity index (χ0v) is 15.0. The van der Waals surface area contributed by atoms with Gasteiger partial charge in [-0.05, 0) is 57.1 Å². The number of nitrogens with zero attached hydrogens (tertiary/aromatic N) is 2. The van der Waals surface area contributed by atoms with Crippen LogP contribution in [0.5, 0.6) is 0 Å². The van der Waals surface area contributed by atoms with E-state index in [0.29, 0.717) is 18.8 Å². The number of likely N-dealkylation sites (tertiary alicyclic amines) is 1. The molecule has 0 aliphatic carbocycles. The number of halogens is 1. The second-order valence-corrected chi connectivity index (χ2v) is 7.04. The average Bonchev–Trinajstić information content (AvgIpc) is 3.00. The lowest BCUT2D eigenvalue weighted by Crippen LogP contribution is -2.44. The molecule has 0 spiro atoms. The Morgan fingerprint density at radius 2 is 2.04 bits per heavy atom. The number of anilines is 1. The van der Waals surface area contributed by atoms with Gasteiger partial charge in [-0.3, -0.25) is 4.79 Å². The third-order valence-electron chi connectivity index (χ3n) is 4.97. The average molecular weight is 362 g/mol. The van der Waals surface area contributed by atoms with E-state index < -0.39 is 0 Å². The molecule has 1 atom stereocenters. The monoisotopic (exact) mass is 362 g/mol. The largest absolute Gasteiger partial charge is 0.338 e. The van der Waals surface area contributed by atoms with Gasteiger partial charge < -0.3 is 20.4 Å². The van der Waals surface area contributed by atoms with Crippen LogP contribution in [0.4, 0.5) is 14.9 Å². The lowest BCUT2D eigenvalue weighted by Gasteiger charge is -2.26. The first-order valence-corrected chi connectivity index (χ1v) is 9.44. The number of nitrogens with one attached hydrogen (secondary N) is 2. The molecule has 1 unspecified atom stereocenters. The Morgan fingerprint density at radius 1 is 1.23 bits per heavy atom. The molecule has 2 saturated heterocycles. The number of urea groups is 1. The van der Waals surface area contributed by atoms with Crippen LogP contribution in [0, 0.1) is 5.82 Å². The van der Waals surface area contributed by atoms with Gasteiger partial charge in [0.1, 0.15) is 5.82 Å². The SMILES string of the molecule is O=C(NCCCN1CCCCC1)NC1CC(=O)N(c2cccc(F)c2)C1. The lowest BCUT2D eigenvalue weighted by atomic mass is 10.1. The normalized spacial score (nSPS) is 21.0. The van der Waals surface area contributed by atoms with E-state index in [-0.39, 0.29) is 30.2 Å². The Labute approximate surface area is 153 Å². The summed E-state index contributed by atoms with van der Waals surface area (Å²) in [5.41, 5.74) is 0.529. The van der Waals surface area contributed by atoms with Crippen molar-refractivity contribution in [1.29, 1.82) is 0 Å². The molecule has 0 radical (unpaired) electrons. The van der Waals surface area contributed by atoms with Crippen molar-refractivity contribution in [2.45, 2.75) is 38.1 Å². The molecule has 1 aromatic rings. The fourth-order valence-electron chi connectivity index (χ4n) is 3.62. The summed E-state index contributed by atoms with van der Waals surface area (Å²) >= 11 is 0. The van der Waals surface area contributed by atoms with E-state index in [9.17, 15) is 14.0 Å². The topological polar surface area (TPSA) is 64.7 Å². The van der Waals surface area contributed by atoms with Crippen LogP contribution in [0.3, 0.4) is 0 Å². The van der Waals surface area contributed by atoms with E-state index in [2.05, 4.69) is 15.5 Å². The third-order valence-corrected chi connectivity index (χ3v) is 4.97. The second kappa shape index (κ2) is 8.98. The third kappa shape index (κ3) is 5.17. The molecule has 0 bridgehead atoms. The Morgan fingerprint density at radius 3 is 2.81 bits per heavy atom. The van der Waals surface area contributed by atoms with Gasteiger partial charge in [0.05, 0.1) is 6.04 Å². The summed E-state index contributed by atoms with van der Waals surface area (Å²) in [5.74, 6) is -0.482. The minimum Gasteiger partial charge on any atom is -0.338 e. The highest BCUT2D eigenvalue weighted by Gasteiger charge is 2.31. The number of carbonyl (C=O) groups excluding carboxylic acids is 2. The minimum absolute atomic E-state index is 0.106. The number of hydrogen-bond acceptors (Lipinski definition) is 3. The fourth-order valence-corrected chi connectivity index (χ4v) is 3.62. The Kier molecular flexibility index (Phi) is 6.44. The van der Waals surface area contributed by atoms with Crippen LogP contribution in [0.15, 0.2) is 24.3 Å². The van der Waals surface area contributed by atoms with Crippen molar-refractivity contribution >= 4 is 17.6 Å². The van der Waals surface area contributed by atoms with E-state index in [1.165, 1.54) is 36.3 Å². The maximum absolute atomic E-state index is 13.3. The van der Waals surface area contributed by atoms with Crippen molar-refractivity contribution in [3.05, 3.63) is 30.1 Å². The molecule has 2 N–H and O–H groups in total. The summed E-state index contributed by atoms with van der Waals surface area (Å²) in [5, 5.41) is 5.70. The molecule has 26 heavy (non-hydrogen) atoms. The molecule has 7 heteroatoms. The second-order valence-electron chi connectivity index (χ2n) is 7.04. The molecule has 0 saturated carbocycles. The number of carbonyl (C=O) groups is 2. The molecule has 0 aromatic heterocycles. The molecule has 1 aromatic carbocycles. The molecule has 2 heterocycles. The van der Waals surface area contributed by atoms with Gasteiger partial charge in [0.25, 0.3) is 0 Å². The number of hydrogen-bond donors (Lipinski definition) is 2. The molecule has 3 rings (SSSR count). The standard InChI is InChI=1S/C19H27FN4O2/c20-15-6-4-7-17(12-15)24-14-16(13-18(24)25)22-19(26)21-8-5-11-23-9-2-1-3-10-23/h4,6-7,12,16H,1-3,5,8-11,13-14H2,(H2,21,22,26). The minimum atomic E-state index is -0.377. The van der Waals surface area contributed by atoms with Crippen LogP contribution in [0.1, 0.15) is 32.1 Å². The predicted octanol–water partition coefficient (Wildman–Crippen LogP) is 2.11. The highest BCUT2D eigenvalue weighted by atomic mass is 19.1. The summed E-state index contributed by atoms with van der Waals surface area (Å²) in [4.78, 5) is 28.1. The summed E-state index contributed by atoms with van der Waals surface area (Å²) in [6.45, 7) is 4.31. The molecular formula is C19H27FN4O2. The van der Waals surface area contributed by atoms with Crippen LogP contribution in [0.2, 0.25) is 0 Å². The molecule has 2 aliphatic heterocycles. The number of amides is 3. The van der Waals surface area contributed by atoms with Crippen LogP contribution in [-0.2, 0) is 4.79 Å². The number of benzene rings is 1. The van der Waals surface area contributed by atoms with Crippen molar-refractivity contribution in [2.24, 2.45) is 0 Å². The first kappa shape index (κ1) is 18.6. The molecular weight excluding hydrogens is 335 g/mol. The van der Waals surface area contributed by atoms with Gasteiger partial charge in [-0.25, -0.2) is 9.18 Å². The van der Waals surface area contributed by atoms with E-state index in [0.717, 1.165) is 26.1 Å². The van der Waals surface area contributed by atoms with Crippen molar-refractivity contribution < 1.29 is 14.0 Å². The summed E-state index contributed by atoms with van der Waals surface area (Å²) < 4.78 is 13.3. The zero-order valence-electron chi connectivity index (χ0n) is 15.0. The van der Waals surface area contributed by atoms with Crippen LogP contribution < -0.4 is 15.5 Å². The predicted molar refractivity (Wildman–Crippen MR) is 98.6 cm³/mol. The summed E-state index contributed by atoms with van der Waals surface area (Å²) in [6.07, 6.45) is 5.02. The van der Waals surface area contributed by atoms with Crippen LogP contribution >= 0.6 is 0 Å². The van der Waals surface area contributed by atoms with E-state index in [4.69, 9.17) is 0 Å². The Hall–Kier alpha value is -2.15. The van der Waals surface area contributed by atoms with Gasteiger partial charge in [0.2, 0.25) is 5.91 Å². The van der Waals surface area contributed by atoms with Crippen molar-refractivity contribution in [3.8, 4) is 0 Å². The highest BCUT2D eigenvalue weighted by Crippen LogP contribution is 2.22. The molecule has 142 valence electrons. The zero-order chi connectivity index (χ0) is 18.4. The number of piperidine rings is 1. The fraction of sp³-hybridized carbons (Fsp3) is 0.579. The smallest absolute Gasteiger partial charge is 0.315 e. The van der Waals surface area contributed by atoms with Crippen molar-refractivity contribution in [2.75, 3.05) is 37.6 Å². The van der Waals surface area contributed by atoms with E-state index >= 15 is 0 Å². The van der Waals surface area contributed by atoms with Crippen LogP contribution in [-0.4, -0.2) is 55.6 Å². The lowest BCUT2D eigenvalue weighted by molar-refractivity contribution is -0.117. The van der Waals surface area contributed by atoms with Gasteiger partial charge >= 0.3 is 6.03 Å². The van der Waals surface area contributed by atoms with Gasteiger partial charge in [-0.1, -0.05) is 12.5 Å². The molecule has 3 amide bonds. The molecule has 2 aliphatic rings.